The zero-order valence-corrected chi connectivity index (χ0v) is 21.6. The van der Waals surface area contributed by atoms with Gasteiger partial charge in [-0.2, -0.15) is 0 Å². The third-order valence-electron chi connectivity index (χ3n) is 7.06. The standard InChI is InChI=1S/C30H31FN6O/c1-4-28(38)34-26-18-23(11-12-27(26)37(3)24-13-15-36(2)16-14-24)33-30-32-19-21-8-6-10-25(29(21)35-30)20-7-5-9-22(31)17-20/h4-12,17-19,24H,1,13-16H2,2-3H3,(H,34,38)(H,32,33,35). The van der Waals surface area contributed by atoms with Crippen molar-refractivity contribution in [2.75, 3.05) is 42.7 Å². The molecular weight excluding hydrogens is 479 g/mol. The van der Waals surface area contributed by atoms with Gasteiger partial charge in [0.1, 0.15) is 5.82 Å². The van der Waals surface area contributed by atoms with E-state index in [0.29, 0.717) is 17.7 Å². The first-order valence-corrected chi connectivity index (χ1v) is 12.7. The van der Waals surface area contributed by atoms with Gasteiger partial charge in [0, 0.05) is 35.9 Å². The molecule has 1 aromatic heterocycles. The van der Waals surface area contributed by atoms with E-state index in [1.165, 1.54) is 18.2 Å². The minimum absolute atomic E-state index is 0.276. The van der Waals surface area contributed by atoms with Gasteiger partial charge in [0.15, 0.2) is 0 Å². The number of fused-ring (bicyclic) bond motifs is 1. The molecular formula is C30H31FN6O. The zero-order chi connectivity index (χ0) is 26.6. The number of amides is 1. The molecule has 0 unspecified atom stereocenters. The van der Waals surface area contributed by atoms with E-state index in [1.807, 2.05) is 42.5 Å². The monoisotopic (exact) mass is 510 g/mol. The lowest BCUT2D eigenvalue weighted by Gasteiger charge is -2.37. The third-order valence-corrected chi connectivity index (χ3v) is 7.06. The van der Waals surface area contributed by atoms with Crippen molar-refractivity contribution in [2.24, 2.45) is 0 Å². The van der Waals surface area contributed by atoms with Crippen molar-refractivity contribution >= 4 is 39.8 Å². The van der Waals surface area contributed by atoms with Crippen LogP contribution in [-0.2, 0) is 4.79 Å². The van der Waals surface area contributed by atoms with Crippen molar-refractivity contribution < 1.29 is 9.18 Å². The molecule has 1 fully saturated rings. The molecule has 194 valence electrons. The SMILES string of the molecule is C=CC(=O)Nc1cc(Nc2ncc3cccc(-c4cccc(F)c4)c3n2)ccc1N(C)C1CCN(C)CC1. The van der Waals surface area contributed by atoms with Crippen LogP contribution in [0.2, 0.25) is 0 Å². The maximum absolute atomic E-state index is 13.9. The summed E-state index contributed by atoms with van der Waals surface area (Å²) in [6, 6.07) is 18.5. The number of likely N-dealkylation sites (tertiary alicyclic amines) is 1. The number of benzene rings is 3. The Kier molecular flexibility index (Phi) is 7.33. The van der Waals surface area contributed by atoms with Crippen LogP contribution >= 0.6 is 0 Å². The highest BCUT2D eigenvalue weighted by Crippen LogP contribution is 2.33. The molecule has 2 N–H and O–H groups in total. The summed E-state index contributed by atoms with van der Waals surface area (Å²) in [5, 5.41) is 7.08. The Hall–Kier alpha value is -4.30. The second kappa shape index (κ2) is 11.0. The first-order chi connectivity index (χ1) is 18.4. The predicted molar refractivity (Wildman–Crippen MR) is 152 cm³/mol. The Morgan fingerprint density at radius 2 is 1.92 bits per heavy atom. The van der Waals surface area contributed by atoms with E-state index in [4.69, 9.17) is 4.98 Å². The molecule has 0 aliphatic carbocycles. The Morgan fingerprint density at radius 3 is 2.68 bits per heavy atom. The molecule has 5 rings (SSSR count). The van der Waals surface area contributed by atoms with E-state index < -0.39 is 0 Å². The van der Waals surface area contributed by atoms with Gasteiger partial charge in [-0.1, -0.05) is 36.9 Å². The highest BCUT2D eigenvalue weighted by molar-refractivity contribution is 6.02. The number of rotatable bonds is 7. The average Bonchev–Trinajstić information content (AvgIpc) is 2.93. The summed E-state index contributed by atoms with van der Waals surface area (Å²) in [5.74, 6) is -0.174. The van der Waals surface area contributed by atoms with Crippen LogP contribution in [0.4, 0.5) is 27.4 Å². The minimum atomic E-state index is -0.300. The Labute approximate surface area is 222 Å². The number of piperidine rings is 1. The first-order valence-electron chi connectivity index (χ1n) is 12.7. The van der Waals surface area contributed by atoms with Crippen molar-refractivity contribution in [3.63, 3.8) is 0 Å². The van der Waals surface area contributed by atoms with Gasteiger partial charge >= 0.3 is 0 Å². The molecule has 7 nitrogen and oxygen atoms in total. The molecule has 0 saturated carbocycles. The van der Waals surface area contributed by atoms with E-state index in [-0.39, 0.29) is 11.7 Å². The van der Waals surface area contributed by atoms with E-state index in [2.05, 4.69) is 46.1 Å². The number of anilines is 4. The summed E-state index contributed by atoms with van der Waals surface area (Å²) in [4.78, 5) is 26.1. The Morgan fingerprint density at radius 1 is 1.13 bits per heavy atom. The molecule has 0 bridgehead atoms. The fraction of sp³-hybridized carbons (Fsp3) is 0.233. The zero-order valence-electron chi connectivity index (χ0n) is 21.6. The van der Waals surface area contributed by atoms with Crippen molar-refractivity contribution in [1.29, 1.82) is 0 Å². The molecule has 3 aromatic carbocycles. The van der Waals surface area contributed by atoms with Gasteiger partial charge in [-0.05, 0) is 75.0 Å². The van der Waals surface area contributed by atoms with Crippen molar-refractivity contribution in [3.8, 4) is 11.1 Å². The largest absolute Gasteiger partial charge is 0.370 e. The van der Waals surface area contributed by atoms with Crippen LogP contribution in [0.1, 0.15) is 12.8 Å². The lowest BCUT2D eigenvalue weighted by atomic mass is 10.0. The third kappa shape index (κ3) is 5.50. The van der Waals surface area contributed by atoms with Crippen LogP contribution in [0.5, 0.6) is 0 Å². The number of halogens is 1. The predicted octanol–water partition coefficient (Wildman–Crippen LogP) is 5.83. The number of carbonyl (C=O) groups excluding carboxylic acids is 1. The van der Waals surface area contributed by atoms with Crippen LogP contribution in [0.15, 0.2) is 79.5 Å². The summed E-state index contributed by atoms with van der Waals surface area (Å²) in [6.07, 6.45) is 5.12. The highest BCUT2D eigenvalue weighted by atomic mass is 19.1. The molecule has 1 aliphatic rings. The molecule has 4 aromatic rings. The van der Waals surface area contributed by atoms with Crippen LogP contribution in [0.3, 0.4) is 0 Å². The summed E-state index contributed by atoms with van der Waals surface area (Å²) in [6.45, 7) is 5.68. The molecule has 38 heavy (non-hydrogen) atoms. The lowest BCUT2D eigenvalue weighted by Crippen LogP contribution is -2.42. The molecule has 1 aliphatic heterocycles. The maximum Gasteiger partial charge on any atom is 0.247 e. The number of hydrogen-bond acceptors (Lipinski definition) is 6. The Bertz CT molecular complexity index is 1480. The van der Waals surface area contributed by atoms with Crippen LogP contribution in [-0.4, -0.2) is 54.0 Å². The normalized spacial score (nSPS) is 14.3. The van der Waals surface area contributed by atoms with Gasteiger partial charge in [-0.25, -0.2) is 14.4 Å². The van der Waals surface area contributed by atoms with Crippen molar-refractivity contribution in [2.45, 2.75) is 18.9 Å². The van der Waals surface area contributed by atoms with Crippen LogP contribution in [0, 0.1) is 5.82 Å². The second-order valence-corrected chi connectivity index (χ2v) is 9.64. The molecule has 0 spiro atoms. The average molecular weight is 511 g/mol. The fourth-order valence-electron chi connectivity index (χ4n) is 4.92. The highest BCUT2D eigenvalue weighted by Gasteiger charge is 2.23. The second-order valence-electron chi connectivity index (χ2n) is 9.64. The van der Waals surface area contributed by atoms with Gasteiger partial charge in [0.05, 0.1) is 16.9 Å². The quantitative estimate of drug-likeness (QED) is 0.305. The molecule has 0 atom stereocenters. The van der Waals surface area contributed by atoms with Crippen LogP contribution in [0.25, 0.3) is 22.0 Å². The molecule has 8 heteroatoms. The summed E-state index contributed by atoms with van der Waals surface area (Å²) < 4.78 is 13.9. The first kappa shape index (κ1) is 25.4. The number of para-hydroxylation sites is 1. The number of nitrogens with one attached hydrogen (secondary N) is 2. The molecule has 1 amide bonds. The smallest absolute Gasteiger partial charge is 0.247 e. The van der Waals surface area contributed by atoms with E-state index in [0.717, 1.165) is 59.3 Å². The Balaban J connectivity index is 1.46. The summed E-state index contributed by atoms with van der Waals surface area (Å²) in [5.41, 5.74) is 4.63. The number of hydrogen-bond donors (Lipinski definition) is 2. The molecule has 0 radical (unpaired) electrons. The van der Waals surface area contributed by atoms with E-state index in [9.17, 15) is 9.18 Å². The summed E-state index contributed by atoms with van der Waals surface area (Å²) in [7, 11) is 4.21. The van der Waals surface area contributed by atoms with Gasteiger partial charge in [0.25, 0.3) is 0 Å². The van der Waals surface area contributed by atoms with Crippen molar-refractivity contribution in [3.05, 3.63) is 85.3 Å². The summed E-state index contributed by atoms with van der Waals surface area (Å²) >= 11 is 0. The fourth-order valence-corrected chi connectivity index (χ4v) is 4.92. The van der Waals surface area contributed by atoms with E-state index >= 15 is 0 Å². The minimum Gasteiger partial charge on any atom is -0.370 e. The van der Waals surface area contributed by atoms with Gasteiger partial charge in [0.2, 0.25) is 11.9 Å². The maximum atomic E-state index is 13.9. The van der Waals surface area contributed by atoms with E-state index in [1.54, 1.807) is 12.3 Å². The number of nitrogens with zero attached hydrogens (tertiary/aromatic N) is 4. The van der Waals surface area contributed by atoms with Gasteiger partial charge < -0.3 is 20.4 Å². The van der Waals surface area contributed by atoms with Crippen LogP contribution < -0.4 is 15.5 Å². The van der Waals surface area contributed by atoms with Gasteiger partial charge in [-0.15, -0.1) is 0 Å². The number of aromatic nitrogens is 2. The topological polar surface area (TPSA) is 73.4 Å². The molecule has 2 heterocycles. The lowest BCUT2D eigenvalue weighted by molar-refractivity contribution is -0.111. The number of carbonyl (C=O) groups is 1. The van der Waals surface area contributed by atoms with Crippen molar-refractivity contribution in [1.82, 2.24) is 14.9 Å². The van der Waals surface area contributed by atoms with Gasteiger partial charge in [-0.3, -0.25) is 4.79 Å². The molecule has 1 saturated heterocycles.